The Morgan fingerprint density at radius 2 is 2.19 bits per heavy atom. The smallest absolute Gasteiger partial charge is 0.325 e. The van der Waals surface area contributed by atoms with Gasteiger partial charge in [0.1, 0.15) is 6.54 Å². The summed E-state index contributed by atoms with van der Waals surface area (Å²) in [6.45, 7) is 1.88. The number of thiophene rings is 1. The van der Waals surface area contributed by atoms with Crippen LogP contribution in [0.5, 0.6) is 0 Å². The maximum absolute atomic E-state index is 11.9. The molecule has 1 aromatic heterocycles. The molecule has 0 radical (unpaired) electrons. The second-order valence-electron chi connectivity index (χ2n) is 3.30. The van der Waals surface area contributed by atoms with Gasteiger partial charge in [-0.1, -0.05) is 0 Å². The minimum absolute atomic E-state index is 0.0378. The third kappa shape index (κ3) is 3.05. The summed E-state index contributed by atoms with van der Waals surface area (Å²) in [7, 11) is 2.87. The van der Waals surface area contributed by atoms with Crippen molar-refractivity contribution in [2.75, 3.05) is 20.7 Å². The summed E-state index contributed by atoms with van der Waals surface area (Å²) in [4.78, 5) is 24.8. The number of hydrogen-bond acceptors (Lipinski definition) is 4. The summed E-state index contributed by atoms with van der Waals surface area (Å²) in [6, 6.07) is 1.80. The largest absolute Gasteiger partial charge is 0.468 e. The number of ether oxygens (including phenoxy) is 1. The molecule has 1 heterocycles. The maximum Gasteiger partial charge on any atom is 0.325 e. The Balaban J connectivity index is 2.74. The van der Waals surface area contributed by atoms with Crippen LogP contribution in [0.1, 0.15) is 15.2 Å². The van der Waals surface area contributed by atoms with Crippen molar-refractivity contribution in [2.45, 2.75) is 6.92 Å². The first-order valence-corrected chi connectivity index (χ1v) is 6.15. The Morgan fingerprint density at radius 1 is 1.56 bits per heavy atom. The normalized spacial score (nSPS) is 10.0. The van der Waals surface area contributed by atoms with Gasteiger partial charge in [0.2, 0.25) is 0 Å². The summed E-state index contributed by atoms with van der Waals surface area (Å²) >= 11 is 4.71. The monoisotopic (exact) mass is 305 g/mol. The molecule has 6 heteroatoms. The molecule has 0 saturated heterocycles. The maximum atomic E-state index is 11.9. The minimum Gasteiger partial charge on any atom is -0.468 e. The van der Waals surface area contributed by atoms with E-state index in [-0.39, 0.29) is 12.5 Å². The third-order valence-corrected chi connectivity index (χ3v) is 4.13. The molecular formula is C10H12BrNO3S. The van der Waals surface area contributed by atoms with E-state index in [1.54, 1.807) is 13.1 Å². The number of esters is 1. The zero-order valence-corrected chi connectivity index (χ0v) is 11.6. The molecule has 1 rings (SSSR count). The first-order valence-electron chi connectivity index (χ1n) is 4.54. The van der Waals surface area contributed by atoms with Gasteiger partial charge in [-0.3, -0.25) is 9.59 Å². The molecule has 0 aromatic carbocycles. The number of methoxy groups -OCH3 is 1. The van der Waals surface area contributed by atoms with Crippen molar-refractivity contribution >= 4 is 39.1 Å². The Labute approximate surface area is 106 Å². The molecule has 0 atom stereocenters. The van der Waals surface area contributed by atoms with E-state index >= 15 is 0 Å². The molecule has 0 saturated carbocycles. The van der Waals surface area contributed by atoms with Crippen molar-refractivity contribution in [1.82, 2.24) is 4.90 Å². The summed E-state index contributed by atoms with van der Waals surface area (Å²) in [5, 5.41) is 0. The Bertz CT molecular complexity index is 397. The lowest BCUT2D eigenvalue weighted by Crippen LogP contribution is -2.32. The minimum atomic E-state index is -0.428. The lowest BCUT2D eigenvalue weighted by molar-refractivity contribution is -0.141. The van der Waals surface area contributed by atoms with Crippen LogP contribution in [0.2, 0.25) is 0 Å². The second kappa shape index (κ2) is 5.45. The average Bonchev–Trinajstić information content (AvgIpc) is 2.57. The van der Waals surface area contributed by atoms with Crippen molar-refractivity contribution in [3.8, 4) is 0 Å². The summed E-state index contributed by atoms with van der Waals surface area (Å²) in [5.41, 5.74) is 1.01. The van der Waals surface area contributed by atoms with Crippen LogP contribution in [-0.2, 0) is 9.53 Å². The molecule has 0 aliphatic carbocycles. The standard InChI is InChI=1S/C10H12BrNO3S/c1-6-4-7(16-9(6)11)10(14)12(2)5-8(13)15-3/h4H,5H2,1-3H3. The van der Waals surface area contributed by atoms with Crippen molar-refractivity contribution in [3.05, 3.63) is 20.3 Å². The van der Waals surface area contributed by atoms with Gasteiger partial charge in [0.15, 0.2) is 0 Å². The molecule has 88 valence electrons. The first kappa shape index (κ1) is 13.2. The van der Waals surface area contributed by atoms with Crippen LogP contribution in [0.25, 0.3) is 0 Å². The van der Waals surface area contributed by atoms with Gasteiger partial charge in [0.25, 0.3) is 5.91 Å². The van der Waals surface area contributed by atoms with Crippen LogP contribution in [0.3, 0.4) is 0 Å². The fraction of sp³-hybridized carbons (Fsp3) is 0.400. The van der Waals surface area contributed by atoms with E-state index in [9.17, 15) is 9.59 Å². The first-order chi connectivity index (χ1) is 7.45. The molecule has 0 aliphatic heterocycles. The number of carbonyl (C=O) groups excluding carboxylic acids is 2. The van der Waals surface area contributed by atoms with Gasteiger partial charge < -0.3 is 9.64 Å². The van der Waals surface area contributed by atoms with E-state index in [1.807, 2.05) is 6.92 Å². The average molecular weight is 306 g/mol. The van der Waals surface area contributed by atoms with Crippen LogP contribution in [0, 0.1) is 6.92 Å². The van der Waals surface area contributed by atoms with E-state index in [1.165, 1.54) is 23.3 Å². The van der Waals surface area contributed by atoms with Crippen LogP contribution in [0.4, 0.5) is 0 Å². The fourth-order valence-corrected chi connectivity index (χ4v) is 2.61. The number of likely N-dealkylation sites (N-methyl/N-ethyl adjacent to an activating group) is 1. The Kier molecular flexibility index (Phi) is 4.49. The van der Waals surface area contributed by atoms with Gasteiger partial charge in [-0.25, -0.2) is 0 Å². The topological polar surface area (TPSA) is 46.6 Å². The quantitative estimate of drug-likeness (QED) is 0.803. The summed E-state index contributed by atoms with van der Waals surface area (Å²) in [6.07, 6.45) is 0. The van der Waals surface area contributed by atoms with Crippen molar-refractivity contribution in [1.29, 1.82) is 0 Å². The predicted octanol–water partition coefficient (Wildman–Crippen LogP) is 2.06. The van der Waals surface area contributed by atoms with Crippen LogP contribution in [-0.4, -0.2) is 37.5 Å². The molecule has 0 spiro atoms. The van der Waals surface area contributed by atoms with E-state index in [0.29, 0.717) is 4.88 Å². The molecule has 1 aromatic rings. The van der Waals surface area contributed by atoms with Crippen molar-refractivity contribution in [2.24, 2.45) is 0 Å². The van der Waals surface area contributed by atoms with Crippen LogP contribution >= 0.6 is 27.3 Å². The molecular weight excluding hydrogens is 294 g/mol. The highest BCUT2D eigenvalue weighted by Crippen LogP contribution is 2.27. The van der Waals surface area contributed by atoms with E-state index < -0.39 is 5.97 Å². The predicted molar refractivity (Wildman–Crippen MR) is 65.7 cm³/mol. The molecule has 0 N–H and O–H groups in total. The zero-order chi connectivity index (χ0) is 12.3. The van der Waals surface area contributed by atoms with E-state index in [4.69, 9.17) is 0 Å². The number of carbonyl (C=O) groups is 2. The molecule has 16 heavy (non-hydrogen) atoms. The van der Waals surface area contributed by atoms with Gasteiger partial charge in [0, 0.05) is 7.05 Å². The molecule has 0 aliphatic rings. The summed E-state index contributed by atoms with van der Waals surface area (Å²) < 4.78 is 5.43. The lowest BCUT2D eigenvalue weighted by atomic mass is 10.3. The van der Waals surface area contributed by atoms with Crippen LogP contribution < -0.4 is 0 Å². The third-order valence-electron chi connectivity index (χ3n) is 2.01. The fourth-order valence-electron chi connectivity index (χ4n) is 1.08. The zero-order valence-electron chi connectivity index (χ0n) is 9.24. The summed E-state index contributed by atoms with van der Waals surface area (Å²) in [5.74, 6) is -0.604. The highest BCUT2D eigenvalue weighted by molar-refractivity contribution is 9.11. The number of aryl methyl sites for hydroxylation is 1. The lowest BCUT2D eigenvalue weighted by Gasteiger charge is -2.13. The van der Waals surface area contributed by atoms with Crippen molar-refractivity contribution in [3.63, 3.8) is 0 Å². The van der Waals surface area contributed by atoms with Crippen molar-refractivity contribution < 1.29 is 14.3 Å². The van der Waals surface area contributed by atoms with Gasteiger partial charge >= 0.3 is 5.97 Å². The van der Waals surface area contributed by atoms with Gasteiger partial charge in [0.05, 0.1) is 15.8 Å². The highest BCUT2D eigenvalue weighted by Gasteiger charge is 2.17. The number of rotatable bonds is 3. The molecule has 0 bridgehead atoms. The van der Waals surface area contributed by atoms with Gasteiger partial charge in [-0.15, -0.1) is 11.3 Å². The Hall–Kier alpha value is -0.880. The van der Waals surface area contributed by atoms with E-state index in [0.717, 1.165) is 9.35 Å². The number of halogens is 1. The van der Waals surface area contributed by atoms with E-state index in [2.05, 4.69) is 20.7 Å². The molecule has 1 amide bonds. The van der Waals surface area contributed by atoms with Gasteiger partial charge in [-0.2, -0.15) is 0 Å². The van der Waals surface area contributed by atoms with Gasteiger partial charge in [-0.05, 0) is 34.5 Å². The molecule has 0 unspecified atom stereocenters. The highest BCUT2D eigenvalue weighted by atomic mass is 79.9. The number of amides is 1. The number of nitrogens with zero attached hydrogens (tertiary/aromatic N) is 1. The SMILES string of the molecule is COC(=O)CN(C)C(=O)c1cc(C)c(Br)s1. The van der Waals surface area contributed by atoms with Crippen LogP contribution in [0.15, 0.2) is 9.85 Å². The molecule has 4 nitrogen and oxygen atoms in total. The molecule has 0 fully saturated rings. The Morgan fingerprint density at radius 3 is 2.62 bits per heavy atom. The number of hydrogen-bond donors (Lipinski definition) is 0. The second-order valence-corrected chi connectivity index (χ2v) is 5.67.